The van der Waals surface area contributed by atoms with Gasteiger partial charge in [-0.3, -0.25) is 9.59 Å². The molecular weight excluding hydrogens is 344 g/mol. The van der Waals surface area contributed by atoms with Crippen LogP contribution in [0.25, 0.3) is 0 Å². The number of anilines is 1. The molecule has 26 heavy (non-hydrogen) atoms. The van der Waals surface area contributed by atoms with E-state index in [1.165, 1.54) is 16.0 Å². The van der Waals surface area contributed by atoms with E-state index in [1.807, 2.05) is 32.0 Å². The zero-order chi connectivity index (χ0) is 19.1. The number of rotatable bonds is 7. The highest BCUT2D eigenvalue weighted by Crippen LogP contribution is 2.16. The largest absolute Gasteiger partial charge is 0.336 e. The molecule has 0 spiro atoms. The van der Waals surface area contributed by atoms with Crippen molar-refractivity contribution in [2.45, 2.75) is 26.5 Å². The first-order chi connectivity index (χ1) is 12.3. The standard InChI is InChI=1S/C21H26N2O2S/c1-15-6-9-18(10-7-15)13-26-14-21(25)23(4)12-20(24)22-19-11-16(2)5-8-17(19)3/h5-11H,12-14H2,1-4H3,(H,22,24). The van der Waals surface area contributed by atoms with Crippen LogP contribution in [0, 0.1) is 20.8 Å². The zero-order valence-corrected chi connectivity index (χ0v) is 16.7. The van der Waals surface area contributed by atoms with Crippen molar-refractivity contribution in [3.05, 3.63) is 64.7 Å². The lowest BCUT2D eigenvalue weighted by atomic mass is 10.1. The fraction of sp³-hybridized carbons (Fsp3) is 0.333. The highest BCUT2D eigenvalue weighted by Gasteiger charge is 2.14. The van der Waals surface area contributed by atoms with Gasteiger partial charge in [-0.1, -0.05) is 42.0 Å². The van der Waals surface area contributed by atoms with Gasteiger partial charge in [0.25, 0.3) is 0 Å². The zero-order valence-electron chi connectivity index (χ0n) is 15.8. The predicted molar refractivity (Wildman–Crippen MR) is 110 cm³/mol. The number of nitrogens with one attached hydrogen (secondary N) is 1. The third-order valence-electron chi connectivity index (χ3n) is 4.09. The number of benzene rings is 2. The molecule has 0 atom stereocenters. The van der Waals surface area contributed by atoms with E-state index in [1.54, 1.807) is 18.8 Å². The second-order valence-electron chi connectivity index (χ2n) is 6.59. The van der Waals surface area contributed by atoms with Crippen LogP contribution in [0.2, 0.25) is 0 Å². The molecule has 0 aliphatic carbocycles. The first-order valence-electron chi connectivity index (χ1n) is 8.59. The summed E-state index contributed by atoms with van der Waals surface area (Å²) in [6.45, 7) is 6.04. The summed E-state index contributed by atoms with van der Waals surface area (Å²) in [6, 6.07) is 14.2. The molecule has 0 saturated carbocycles. The number of aryl methyl sites for hydroxylation is 3. The molecule has 4 nitrogen and oxygen atoms in total. The van der Waals surface area contributed by atoms with Gasteiger partial charge in [-0.05, 0) is 43.5 Å². The number of thioether (sulfide) groups is 1. The number of carbonyl (C=O) groups is 2. The van der Waals surface area contributed by atoms with Gasteiger partial charge in [0, 0.05) is 18.5 Å². The van der Waals surface area contributed by atoms with Crippen LogP contribution in [0.1, 0.15) is 22.3 Å². The Labute approximate surface area is 160 Å². The van der Waals surface area contributed by atoms with E-state index in [2.05, 4.69) is 36.5 Å². The molecule has 0 saturated heterocycles. The summed E-state index contributed by atoms with van der Waals surface area (Å²) in [5.41, 5.74) is 5.31. The highest BCUT2D eigenvalue weighted by atomic mass is 32.2. The van der Waals surface area contributed by atoms with Crippen molar-refractivity contribution in [3.8, 4) is 0 Å². The average Bonchev–Trinajstić information content (AvgIpc) is 2.59. The number of hydrogen-bond donors (Lipinski definition) is 1. The minimum Gasteiger partial charge on any atom is -0.336 e. The molecule has 1 N–H and O–H groups in total. The Hall–Kier alpha value is -2.27. The van der Waals surface area contributed by atoms with Gasteiger partial charge >= 0.3 is 0 Å². The molecule has 0 aliphatic heterocycles. The van der Waals surface area contributed by atoms with Crippen molar-refractivity contribution in [3.63, 3.8) is 0 Å². The fourth-order valence-corrected chi connectivity index (χ4v) is 3.34. The van der Waals surface area contributed by atoms with E-state index in [4.69, 9.17) is 0 Å². The maximum Gasteiger partial charge on any atom is 0.243 e. The molecule has 0 bridgehead atoms. The number of carbonyl (C=O) groups excluding carboxylic acids is 2. The topological polar surface area (TPSA) is 49.4 Å². The Morgan fingerprint density at radius 1 is 1.00 bits per heavy atom. The van der Waals surface area contributed by atoms with Crippen LogP contribution in [0.5, 0.6) is 0 Å². The van der Waals surface area contributed by atoms with Crippen LogP contribution in [0.4, 0.5) is 5.69 Å². The van der Waals surface area contributed by atoms with Crippen LogP contribution < -0.4 is 5.32 Å². The number of nitrogens with zero attached hydrogens (tertiary/aromatic N) is 1. The van der Waals surface area contributed by atoms with Gasteiger partial charge in [0.2, 0.25) is 11.8 Å². The average molecular weight is 371 g/mol. The summed E-state index contributed by atoms with van der Waals surface area (Å²) in [5, 5.41) is 2.88. The molecule has 2 aromatic carbocycles. The van der Waals surface area contributed by atoms with E-state index >= 15 is 0 Å². The highest BCUT2D eigenvalue weighted by molar-refractivity contribution is 7.99. The van der Waals surface area contributed by atoms with Gasteiger partial charge in [0.05, 0.1) is 12.3 Å². The van der Waals surface area contributed by atoms with Gasteiger partial charge in [-0.2, -0.15) is 0 Å². The Morgan fingerprint density at radius 2 is 1.65 bits per heavy atom. The van der Waals surface area contributed by atoms with Crippen molar-refractivity contribution in [1.29, 1.82) is 0 Å². The lowest BCUT2D eigenvalue weighted by molar-refractivity contribution is -0.131. The quantitative estimate of drug-likeness (QED) is 0.803. The second kappa shape index (κ2) is 9.43. The van der Waals surface area contributed by atoms with E-state index in [0.29, 0.717) is 5.75 Å². The molecule has 2 rings (SSSR count). The van der Waals surface area contributed by atoms with E-state index in [-0.39, 0.29) is 18.4 Å². The van der Waals surface area contributed by atoms with Crippen molar-refractivity contribution in [2.24, 2.45) is 0 Å². The first-order valence-corrected chi connectivity index (χ1v) is 9.75. The third-order valence-corrected chi connectivity index (χ3v) is 5.08. The number of hydrogen-bond acceptors (Lipinski definition) is 3. The predicted octanol–water partition coefficient (Wildman–Crippen LogP) is 3.94. The summed E-state index contributed by atoms with van der Waals surface area (Å²) < 4.78 is 0. The van der Waals surface area contributed by atoms with Gasteiger partial charge < -0.3 is 10.2 Å². The van der Waals surface area contributed by atoms with E-state index in [0.717, 1.165) is 22.6 Å². The van der Waals surface area contributed by atoms with Crippen LogP contribution in [-0.2, 0) is 15.3 Å². The third kappa shape index (κ3) is 6.23. The van der Waals surface area contributed by atoms with Crippen LogP contribution in [0.15, 0.2) is 42.5 Å². The molecule has 0 aromatic heterocycles. The SMILES string of the molecule is Cc1ccc(CSCC(=O)N(C)CC(=O)Nc2cc(C)ccc2C)cc1. The summed E-state index contributed by atoms with van der Waals surface area (Å²) in [6.07, 6.45) is 0. The maximum absolute atomic E-state index is 12.2. The molecule has 0 radical (unpaired) electrons. The van der Waals surface area contributed by atoms with Crippen LogP contribution >= 0.6 is 11.8 Å². The fourth-order valence-electron chi connectivity index (χ4n) is 2.41. The Bertz CT molecular complexity index is 772. The second-order valence-corrected chi connectivity index (χ2v) is 7.58. The van der Waals surface area contributed by atoms with Crippen molar-refractivity contribution >= 4 is 29.3 Å². The van der Waals surface area contributed by atoms with E-state index < -0.39 is 0 Å². The summed E-state index contributed by atoms with van der Waals surface area (Å²) in [4.78, 5) is 25.9. The molecule has 138 valence electrons. The van der Waals surface area contributed by atoms with Crippen LogP contribution in [-0.4, -0.2) is 36.1 Å². The smallest absolute Gasteiger partial charge is 0.243 e. The lowest BCUT2D eigenvalue weighted by Crippen LogP contribution is -2.36. The molecule has 2 aromatic rings. The minimum absolute atomic E-state index is 0.0433. The monoisotopic (exact) mass is 370 g/mol. The van der Waals surface area contributed by atoms with Gasteiger partial charge in [0.1, 0.15) is 0 Å². The molecule has 5 heteroatoms. The first kappa shape index (κ1) is 20.0. The molecule has 0 aliphatic rings. The molecule has 0 heterocycles. The summed E-state index contributed by atoms with van der Waals surface area (Å²) >= 11 is 1.56. The Balaban J connectivity index is 1.77. The minimum atomic E-state index is -0.182. The van der Waals surface area contributed by atoms with Crippen molar-refractivity contribution in [1.82, 2.24) is 4.90 Å². The Morgan fingerprint density at radius 3 is 2.35 bits per heavy atom. The molecular formula is C21H26N2O2S. The van der Waals surface area contributed by atoms with Gasteiger partial charge in [-0.15, -0.1) is 11.8 Å². The van der Waals surface area contributed by atoms with E-state index in [9.17, 15) is 9.59 Å². The molecule has 0 fully saturated rings. The Kier molecular flexibility index (Phi) is 7.27. The lowest BCUT2D eigenvalue weighted by Gasteiger charge is -2.17. The normalized spacial score (nSPS) is 10.5. The van der Waals surface area contributed by atoms with Crippen LogP contribution in [0.3, 0.4) is 0 Å². The van der Waals surface area contributed by atoms with Gasteiger partial charge in [0.15, 0.2) is 0 Å². The molecule has 0 unspecified atom stereocenters. The molecule has 2 amide bonds. The summed E-state index contributed by atoms with van der Waals surface area (Å²) in [7, 11) is 1.66. The number of likely N-dealkylation sites (N-methyl/N-ethyl adjacent to an activating group) is 1. The summed E-state index contributed by atoms with van der Waals surface area (Å²) in [5.74, 6) is 0.923. The van der Waals surface area contributed by atoms with Gasteiger partial charge in [-0.25, -0.2) is 0 Å². The van der Waals surface area contributed by atoms with Crippen molar-refractivity contribution in [2.75, 3.05) is 24.7 Å². The maximum atomic E-state index is 12.2. The number of amides is 2. The van der Waals surface area contributed by atoms with Crippen molar-refractivity contribution < 1.29 is 9.59 Å².